The molecule has 10 heteroatoms. The highest BCUT2D eigenvalue weighted by Crippen LogP contribution is 2.22. The Morgan fingerprint density at radius 2 is 1.96 bits per heavy atom. The topological polar surface area (TPSA) is 118 Å². The molecule has 1 amide bonds. The van der Waals surface area contributed by atoms with Crippen molar-refractivity contribution >= 4 is 27.3 Å². The monoisotopic (exact) mass is 367 g/mol. The molecular formula is C15H14FN3O5S. The zero-order valence-electron chi connectivity index (χ0n) is 13.0. The van der Waals surface area contributed by atoms with Crippen LogP contribution in [0.25, 0.3) is 0 Å². The lowest BCUT2D eigenvalue weighted by Crippen LogP contribution is -2.33. The van der Waals surface area contributed by atoms with Crippen LogP contribution in [0.4, 0.5) is 15.8 Å². The van der Waals surface area contributed by atoms with E-state index in [2.05, 4.69) is 5.32 Å². The maximum atomic E-state index is 13.0. The number of nitro groups is 1. The van der Waals surface area contributed by atoms with Gasteiger partial charge in [0.1, 0.15) is 5.82 Å². The van der Waals surface area contributed by atoms with Crippen LogP contribution in [0, 0.1) is 22.9 Å². The summed E-state index contributed by atoms with van der Waals surface area (Å²) in [5, 5.41) is 13.2. The molecule has 0 unspecified atom stereocenters. The summed E-state index contributed by atoms with van der Waals surface area (Å²) in [5.74, 6) is -1.26. The smallest absolute Gasteiger partial charge is 0.273 e. The zero-order chi connectivity index (χ0) is 18.6. The number of sulfonamides is 1. The van der Waals surface area contributed by atoms with Crippen molar-refractivity contribution in [3.8, 4) is 0 Å². The molecule has 0 aromatic heterocycles. The molecule has 0 aliphatic rings. The lowest BCUT2D eigenvalue weighted by Gasteiger charge is -2.08. The van der Waals surface area contributed by atoms with Gasteiger partial charge in [0.05, 0.1) is 16.4 Å². The Morgan fingerprint density at radius 3 is 2.60 bits per heavy atom. The van der Waals surface area contributed by atoms with Gasteiger partial charge in [-0.2, -0.15) is 0 Å². The maximum Gasteiger partial charge on any atom is 0.273 e. The quantitative estimate of drug-likeness (QED) is 0.598. The van der Waals surface area contributed by atoms with Crippen molar-refractivity contribution in [2.75, 3.05) is 11.9 Å². The number of carbonyl (C=O) groups excluding carboxylic acids is 1. The molecule has 0 aliphatic heterocycles. The van der Waals surface area contributed by atoms with E-state index < -0.39 is 33.2 Å². The van der Waals surface area contributed by atoms with Crippen LogP contribution >= 0.6 is 0 Å². The van der Waals surface area contributed by atoms with Gasteiger partial charge in [0.2, 0.25) is 15.9 Å². The molecule has 8 nitrogen and oxygen atoms in total. The van der Waals surface area contributed by atoms with Gasteiger partial charge in [-0.05, 0) is 31.2 Å². The SMILES string of the molecule is Cc1ccc(S(=O)(=O)NCC(=O)Nc2cccc(F)c2)cc1[N+](=O)[O-]. The van der Waals surface area contributed by atoms with Gasteiger partial charge in [-0.1, -0.05) is 12.1 Å². The van der Waals surface area contributed by atoms with Crippen LogP contribution < -0.4 is 10.0 Å². The Kier molecular flexibility index (Phi) is 5.45. The molecule has 2 aromatic carbocycles. The van der Waals surface area contributed by atoms with E-state index >= 15 is 0 Å². The van der Waals surface area contributed by atoms with Crippen LogP contribution in [0.1, 0.15) is 5.56 Å². The predicted octanol–water partition coefficient (Wildman–Crippen LogP) is 1.96. The molecule has 0 bridgehead atoms. The fourth-order valence-electron chi connectivity index (χ4n) is 1.97. The lowest BCUT2D eigenvalue weighted by molar-refractivity contribution is -0.385. The fraction of sp³-hybridized carbons (Fsp3) is 0.133. The number of rotatable bonds is 6. The van der Waals surface area contributed by atoms with Gasteiger partial charge >= 0.3 is 0 Å². The summed E-state index contributed by atoms with van der Waals surface area (Å²) in [4.78, 5) is 21.6. The lowest BCUT2D eigenvalue weighted by atomic mass is 10.2. The Labute approximate surface area is 142 Å². The molecule has 0 saturated heterocycles. The van der Waals surface area contributed by atoms with Crippen molar-refractivity contribution in [2.24, 2.45) is 0 Å². The molecular weight excluding hydrogens is 353 g/mol. The van der Waals surface area contributed by atoms with Crippen molar-refractivity contribution < 1.29 is 22.5 Å². The predicted molar refractivity (Wildman–Crippen MR) is 88.1 cm³/mol. The van der Waals surface area contributed by atoms with Crippen molar-refractivity contribution in [1.82, 2.24) is 4.72 Å². The normalized spacial score (nSPS) is 11.1. The third-order valence-electron chi connectivity index (χ3n) is 3.22. The first-order chi connectivity index (χ1) is 11.7. The second-order valence-corrected chi connectivity index (χ2v) is 6.86. The summed E-state index contributed by atoms with van der Waals surface area (Å²) >= 11 is 0. The van der Waals surface area contributed by atoms with Crippen molar-refractivity contribution in [1.29, 1.82) is 0 Å². The van der Waals surface area contributed by atoms with Crippen LogP contribution in [0.3, 0.4) is 0 Å². The van der Waals surface area contributed by atoms with E-state index in [1.807, 2.05) is 4.72 Å². The number of carbonyl (C=O) groups is 1. The molecule has 0 heterocycles. The van der Waals surface area contributed by atoms with E-state index in [0.717, 1.165) is 12.1 Å². The number of halogens is 1. The van der Waals surface area contributed by atoms with E-state index in [-0.39, 0.29) is 16.3 Å². The first-order valence-corrected chi connectivity index (χ1v) is 8.47. The highest BCUT2D eigenvalue weighted by atomic mass is 32.2. The van der Waals surface area contributed by atoms with Gasteiger partial charge in [-0.15, -0.1) is 0 Å². The summed E-state index contributed by atoms with van der Waals surface area (Å²) in [6.07, 6.45) is 0. The number of hydrogen-bond donors (Lipinski definition) is 2. The number of benzene rings is 2. The number of hydrogen-bond acceptors (Lipinski definition) is 5. The molecule has 0 spiro atoms. The van der Waals surface area contributed by atoms with Gasteiger partial charge in [0.25, 0.3) is 5.69 Å². The summed E-state index contributed by atoms with van der Waals surface area (Å²) in [5.41, 5.74) is 0.148. The fourth-order valence-corrected chi connectivity index (χ4v) is 2.97. The van der Waals surface area contributed by atoms with Crippen LogP contribution in [-0.2, 0) is 14.8 Å². The largest absolute Gasteiger partial charge is 0.325 e. The minimum Gasteiger partial charge on any atom is -0.325 e. The van der Waals surface area contributed by atoms with Crippen LogP contribution in [0.5, 0.6) is 0 Å². The summed E-state index contributed by atoms with van der Waals surface area (Å²) < 4.78 is 39.4. The number of anilines is 1. The van der Waals surface area contributed by atoms with E-state index in [1.54, 1.807) is 0 Å². The summed E-state index contributed by atoms with van der Waals surface area (Å²) in [6.45, 7) is 0.870. The molecule has 0 saturated carbocycles. The second kappa shape index (κ2) is 7.36. The van der Waals surface area contributed by atoms with E-state index in [4.69, 9.17) is 0 Å². The molecule has 0 radical (unpaired) electrons. The van der Waals surface area contributed by atoms with E-state index in [9.17, 15) is 27.7 Å². The van der Waals surface area contributed by atoms with Crippen molar-refractivity contribution in [3.05, 3.63) is 64.0 Å². The first kappa shape index (κ1) is 18.5. The zero-order valence-corrected chi connectivity index (χ0v) is 13.8. The molecule has 2 N–H and O–H groups in total. The third-order valence-corrected chi connectivity index (χ3v) is 4.62. The molecule has 132 valence electrons. The average molecular weight is 367 g/mol. The van der Waals surface area contributed by atoms with Crippen LogP contribution in [-0.4, -0.2) is 25.8 Å². The number of aryl methyl sites for hydroxylation is 1. The van der Waals surface area contributed by atoms with E-state index in [0.29, 0.717) is 5.56 Å². The highest BCUT2D eigenvalue weighted by Gasteiger charge is 2.20. The first-order valence-electron chi connectivity index (χ1n) is 6.99. The molecule has 25 heavy (non-hydrogen) atoms. The average Bonchev–Trinajstić information content (AvgIpc) is 2.53. The highest BCUT2D eigenvalue weighted by molar-refractivity contribution is 7.89. The van der Waals surface area contributed by atoms with Crippen LogP contribution in [0.2, 0.25) is 0 Å². The third kappa shape index (κ3) is 4.81. The molecule has 0 atom stereocenters. The second-order valence-electron chi connectivity index (χ2n) is 5.09. The number of amides is 1. The Morgan fingerprint density at radius 1 is 1.24 bits per heavy atom. The van der Waals surface area contributed by atoms with Crippen molar-refractivity contribution in [3.63, 3.8) is 0 Å². The van der Waals surface area contributed by atoms with Gasteiger partial charge in [-0.25, -0.2) is 17.5 Å². The summed E-state index contributed by atoms with van der Waals surface area (Å²) in [7, 11) is -4.12. The molecule has 2 aromatic rings. The summed E-state index contributed by atoms with van der Waals surface area (Å²) in [6, 6.07) is 8.54. The minimum absolute atomic E-state index is 0.176. The van der Waals surface area contributed by atoms with E-state index in [1.165, 1.54) is 37.3 Å². The van der Waals surface area contributed by atoms with Crippen molar-refractivity contribution in [2.45, 2.75) is 11.8 Å². The minimum atomic E-state index is -4.12. The maximum absolute atomic E-state index is 13.0. The molecule has 0 fully saturated rings. The van der Waals surface area contributed by atoms with Gasteiger partial charge in [-0.3, -0.25) is 14.9 Å². The Balaban J connectivity index is 2.07. The molecule has 2 rings (SSSR count). The Bertz CT molecular complexity index is 931. The van der Waals surface area contributed by atoms with Gasteiger partial charge < -0.3 is 5.32 Å². The Hall–Kier alpha value is -2.85. The molecule has 0 aliphatic carbocycles. The van der Waals surface area contributed by atoms with Gasteiger partial charge in [0.15, 0.2) is 0 Å². The standard InChI is InChI=1S/C15H14FN3O5S/c1-10-5-6-13(8-14(10)19(21)22)25(23,24)17-9-15(20)18-12-4-2-3-11(16)7-12/h2-8,17H,9H2,1H3,(H,18,20). The van der Waals surface area contributed by atoms with Crippen LogP contribution in [0.15, 0.2) is 47.4 Å². The van der Waals surface area contributed by atoms with Gasteiger partial charge in [0, 0.05) is 17.3 Å². The number of nitrogens with one attached hydrogen (secondary N) is 2. The number of nitrogens with zero attached hydrogens (tertiary/aromatic N) is 1. The number of nitro benzene ring substituents is 1.